The molecule has 3 heterocycles. The van der Waals surface area contributed by atoms with E-state index in [9.17, 15) is 9.90 Å². The van der Waals surface area contributed by atoms with E-state index in [2.05, 4.69) is 49.8 Å². The largest absolute Gasteiger partial charge is 0.391 e. The Kier molecular flexibility index (Phi) is 6.46. The molecule has 1 amide bonds. The molecule has 8 heteroatoms. The van der Waals surface area contributed by atoms with Crippen LogP contribution in [0.25, 0.3) is 0 Å². The highest BCUT2D eigenvalue weighted by Gasteiger charge is 2.38. The number of rotatable bonds is 5. The van der Waals surface area contributed by atoms with Gasteiger partial charge in [-0.2, -0.15) is 0 Å². The maximum atomic E-state index is 11.5. The van der Waals surface area contributed by atoms with Crippen LogP contribution in [0, 0.1) is 0 Å². The van der Waals surface area contributed by atoms with Crippen molar-refractivity contribution in [2.45, 2.75) is 69.8 Å². The number of carbonyl (C=O) groups excluding carboxylic acids is 1. The Labute approximate surface area is 195 Å². The van der Waals surface area contributed by atoms with E-state index >= 15 is 0 Å². The molecule has 33 heavy (non-hydrogen) atoms. The molecule has 176 valence electrons. The van der Waals surface area contributed by atoms with Crippen LogP contribution in [0.15, 0.2) is 36.7 Å². The van der Waals surface area contributed by atoms with Crippen molar-refractivity contribution in [3.8, 4) is 0 Å². The molecule has 3 atom stereocenters. The number of piperidine rings is 1. The van der Waals surface area contributed by atoms with Crippen LogP contribution in [0.5, 0.6) is 0 Å². The van der Waals surface area contributed by atoms with Crippen LogP contribution in [0.1, 0.15) is 43.7 Å². The predicted octanol–water partition coefficient (Wildman–Crippen LogP) is 2.26. The lowest BCUT2D eigenvalue weighted by molar-refractivity contribution is -0.129. The maximum absolute atomic E-state index is 11.5. The fourth-order valence-corrected chi connectivity index (χ4v) is 5.58. The number of nitrogens with zero attached hydrogens (tertiary/aromatic N) is 4. The zero-order chi connectivity index (χ0) is 22.8. The van der Waals surface area contributed by atoms with Gasteiger partial charge in [-0.1, -0.05) is 24.3 Å². The van der Waals surface area contributed by atoms with E-state index in [1.807, 2.05) is 11.0 Å². The van der Waals surface area contributed by atoms with Gasteiger partial charge in [-0.05, 0) is 43.2 Å². The molecule has 3 unspecified atom stereocenters. The fraction of sp³-hybridized carbons (Fsp3) is 0.560. The van der Waals surface area contributed by atoms with Gasteiger partial charge >= 0.3 is 0 Å². The zero-order valence-corrected chi connectivity index (χ0v) is 19.3. The molecule has 1 aliphatic carbocycles. The van der Waals surface area contributed by atoms with Gasteiger partial charge in [0, 0.05) is 57.3 Å². The van der Waals surface area contributed by atoms with Gasteiger partial charge in [0.25, 0.3) is 0 Å². The first-order valence-corrected chi connectivity index (χ1v) is 12.1. The lowest BCUT2D eigenvalue weighted by Crippen LogP contribution is -2.43. The van der Waals surface area contributed by atoms with Crippen molar-refractivity contribution < 1.29 is 9.90 Å². The van der Waals surface area contributed by atoms with Crippen molar-refractivity contribution in [1.29, 1.82) is 0 Å². The van der Waals surface area contributed by atoms with E-state index in [1.54, 1.807) is 13.3 Å². The average Bonchev–Trinajstić information content (AvgIpc) is 3.19. The van der Waals surface area contributed by atoms with Crippen LogP contribution in [0.4, 0.5) is 11.6 Å². The summed E-state index contributed by atoms with van der Waals surface area (Å²) in [6.45, 7) is 5.10. The van der Waals surface area contributed by atoms with E-state index in [0.717, 1.165) is 69.9 Å². The molecule has 1 aromatic carbocycles. The Hall–Kier alpha value is -2.71. The summed E-state index contributed by atoms with van der Waals surface area (Å²) >= 11 is 0. The smallest absolute Gasteiger partial charge is 0.219 e. The number of fused-ring (bicyclic) bond motifs is 1. The highest BCUT2D eigenvalue weighted by molar-refractivity contribution is 5.73. The Morgan fingerprint density at radius 2 is 1.70 bits per heavy atom. The number of aliphatic hydroxyl groups excluding tert-OH is 1. The first-order chi connectivity index (χ1) is 16.0. The summed E-state index contributed by atoms with van der Waals surface area (Å²) in [5.74, 6) is 1.74. The number of likely N-dealkylation sites (tertiary alicyclic amines) is 1. The van der Waals surface area contributed by atoms with Gasteiger partial charge < -0.3 is 20.6 Å². The van der Waals surface area contributed by atoms with E-state index in [0.29, 0.717) is 6.04 Å². The maximum Gasteiger partial charge on any atom is 0.219 e. The van der Waals surface area contributed by atoms with Gasteiger partial charge in [-0.25, -0.2) is 9.97 Å². The van der Waals surface area contributed by atoms with Crippen molar-refractivity contribution in [2.24, 2.45) is 0 Å². The van der Waals surface area contributed by atoms with Crippen molar-refractivity contribution in [3.05, 3.63) is 47.8 Å². The SMILES string of the molecule is CC(=O)N1CCC(Nc2cc(NC3CC(O)C(N4CCc5ccccc5C4)C3)ncn2)CC1. The van der Waals surface area contributed by atoms with E-state index < -0.39 is 0 Å². The summed E-state index contributed by atoms with van der Waals surface area (Å²) in [6.07, 6.45) is 5.75. The number of amides is 1. The minimum Gasteiger partial charge on any atom is -0.391 e. The second-order valence-corrected chi connectivity index (χ2v) is 9.65. The molecule has 8 nitrogen and oxygen atoms in total. The monoisotopic (exact) mass is 450 g/mol. The van der Waals surface area contributed by atoms with Crippen LogP contribution in [-0.2, 0) is 17.8 Å². The summed E-state index contributed by atoms with van der Waals surface area (Å²) in [7, 11) is 0. The highest BCUT2D eigenvalue weighted by atomic mass is 16.3. The van der Waals surface area contributed by atoms with Gasteiger partial charge in [-0.15, -0.1) is 0 Å². The number of carbonyl (C=O) groups is 1. The van der Waals surface area contributed by atoms with Gasteiger partial charge in [0.05, 0.1) is 6.10 Å². The zero-order valence-electron chi connectivity index (χ0n) is 19.3. The normalized spacial score (nSPS) is 26.1. The number of hydrogen-bond donors (Lipinski definition) is 3. The lowest BCUT2D eigenvalue weighted by Gasteiger charge is -2.35. The van der Waals surface area contributed by atoms with Crippen molar-refractivity contribution in [1.82, 2.24) is 19.8 Å². The molecule has 2 aliphatic heterocycles. The fourth-order valence-electron chi connectivity index (χ4n) is 5.58. The third-order valence-electron chi connectivity index (χ3n) is 7.44. The number of aliphatic hydroxyl groups is 1. The number of nitrogens with one attached hydrogen (secondary N) is 2. The Bertz CT molecular complexity index is 977. The van der Waals surface area contributed by atoms with E-state index in [4.69, 9.17) is 0 Å². The molecule has 0 spiro atoms. The summed E-state index contributed by atoms with van der Waals surface area (Å²) in [6, 6.07) is 11.2. The molecule has 5 rings (SSSR count). The molecule has 3 aliphatic rings. The Balaban J connectivity index is 1.16. The molecular weight excluding hydrogens is 416 g/mol. The second-order valence-electron chi connectivity index (χ2n) is 9.65. The van der Waals surface area contributed by atoms with Crippen molar-refractivity contribution in [3.63, 3.8) is 0 Å². The van der Waals surface area contributed by atoms with Gasteiger partial charge in [0.1, 0.15) is 18.0 Å². The third-order valence-corrected chi connectivity index (χ3v) is 7.44. The van der Waals surface area contributed by atoms with E-state index in [1.165, 1.54) is 11.1 Å². The predicted molar refractivity (Wildman–Crippen MR) is 128 cm³/mol. The summed E-state index contributed by atoms with van der Waals surface area (Å²) < 4.78 is 0. The topological polar surface area (TPSA) is 93.6 Å². The first kappa shape index (κ1) is 22.1. The van der Waals surface area contributed by atoms with Gasteiger partial charge in [-0.3, -0.25) is 9.69 Å². The van der Waals surface area contributed by atoms with Crippen LogP contribution in [0.2, 0.25) is 0 Å². The molecule has 0 radical (unpaired) electrons. The highest BCUT2D eigenvalue weighted by Crippen LogP contribution is 2.31. The summed E-state index contributed by atoms with van der Waals surface area (Å²) in [4.78, 5) is 24.7. The molecule has 2 aromatic rings. The van der Waals surface area contributed by atoms with Crippen LogP contribution in [-0.4, -0.2) is 74.6 Å². The standard InChI is InChI=1S/C25H34N6O2/c1-17(32)30-10-7-20(8-11-30)28-24-14-25(27-16-26-24)29-21-12-22(23(33)13-21)31-9-6-18-4-2-3-5-19(18)15-31/h2-5,14,16,20-23,33H,6-13,15H2,1H3,(H2,26,27,28,29). The molecular formula is C25H34N6O2. The lowest BCUT2D eigenvalue weighted by atomic mass is 9.98. The quantitative estimate of drug-likeness (QED) is 0.643. The minimum atomic E-state index is -0.335. The summed E-state index contributed by atoms with van der Waals surface area (Å²) in [5.41, 5.74) is 2.82. The van der Waals surface area contributed by atoms with Crippen LogP contribution in [0.3, 0.4) is 0 Å². The number of hydrogen-bond acceptors (Lipinski definition) is 7. The van der Waals surface area contributed by atoms with Crippen molar-refractivity contribution in [2.75, 3.05) is 30.3 Å². The second kappa shape index (κ2) is 9.65. The Morgan fingerprint density at radius 1 is 1.00 bits per heavy atom. The average molecular weight is 451 g/mol. The number of benzene rings is 1. The van der Waals surface area contributed by atoms with Crippen LogP contribution >= 0.6 is 0 Å². The number of aromatic nitrogens is 2. The molecule has 1 aromatic heterocycles. The van der Waals surface area contributed by atoms with Crippen molar-refractivity contribution >= 4 is 17.5 Å². The summed E-state index contributed by atoms with van der Waals surface area (Å²) in [5, 5.41) is 17.8. The number of anilines is 2. The van der Waals surface area contributed by atoms with Gasteiger partial charge in [0.15, 0.2) is 0 Å². The molecule has 1 saturated carbocycles. The first-order valence-electron chi connectivity index (χ1n) is 12.1. The molecule has 3 N–H and O–H groups in total. The van der Waals surface area contributed by atoms with E-state index in [-0.39, 0.29) is 24.1 Å². The van der Waals surface area contributed by atoms with Crippen LogP contribution < -0.4 is 10.6 Å². The molecule has 1 saturated heterocycles. The molecule has 0 bridgehead atoms. The van der Waals surface area contributed by atoms with Gasteiger partial charge in [0.2, 0.25) is 5.91 Å². The third kappa shape index (κ3) is 5.12. The molecule has 2 fully saturated rings. The Morgan fingerprint density at radius 3 is 2.42 bits per heavy atom. The minimum absolute atomic E-state index is 0.146.